The minimum Gasteiger partial charge on any atom is -0.469 e. The highest BCUT2D eigenvalue weighted by Crippen LogP contribution is 2.00. The Morgan fingerprint density at radius 2 is 2.00 bits per heavy atom. The Bertz CT molecular complexity index is 174. The van der Waals surface area contributed by atoms with Gasteiger partial charge in [-0.3, -0.25) is 0 Å². The molecule has 10 heavy (non-hydrogen) atoms. The Balaban J connectivity index is 3.80. The molecule has 0 N–H and O–H groups in total. The fourth-order valence-corrected chi connectivity index (χ4v) is 0.200. The van der Waals surface area contributed by atoms with E-state index in [4.69, 9.17) is 0 Å². The van der Waals surface area contributed by atoms with Crippen LogP contribution in [0.4, 0.5) is 4.39 Å². The molecule has 0 aromatic rings. The van der Waals surface area contributed by atoms with Crippen LogP contribution < -0.4 is 0 Å². The standard InChI is InChI=1S/C6H7FO3/c1-4(7)6(8)10-5(2)9-3/h1-2H2,3H3. The van der Waals surface area contributed by atoms with Crippen molar-refractivity contribution in [3.05, 3.63) is 24.9 Å². The number of hydrogen-bond donors (Lipinski definition) is 0. The van der Waals surface area contributed by atoms with Crippen LogP contribution in [-0.4, -0.2) is 13.1 Å². The predicted octanol–water partition coefficient (Wildman–Crippen LogP) is 1.13. The van der Waals surface area contributed by atoms with Crippen LogP contribution in [0.5, 0.6) is 0 Å². The second-order valence-electron chi connectivity index (χ2n) is 1.37. The van der Waals surface area contributed by atoms with Gasteiger partial charge in [0.1, 0.15) is 0 Å². The van der Waals surface area contributed by atoms with E-state index in [-0.39, 0.29) is 5.95 Å². The van der Waals surface area contributed by atoms with E-state index in [2.05, 4.69) is 22.6 Å². The van der Waals surface area contributed by atoms with Crippen molar-refractivity contribution in [1.82, 2.24) is 0 Å². The third-order valence-corrected chi connectivity index (χ3v) is 0.656. The molecule has 4 heteroatoms. The Kier molecular flexibility index (Phi) is 3.17. The van der Waals surface area contributed by atoms with Gasteiger partial charge < -0.3 is 9.47 Å². The van der Waals surface area contributed by atoms with E-state index in [0.717, 1.165) is 0 Å². The lowest BCUT2D eigenvalue weighted by atomic mass is 10.6. The summed E-state index contributed by atoms with van der Waals surface area (Å²) in [6.07, 6.45) is 0. The number of hydrogen-bond acceptors (Lipinski definition) is 3. The van der Waals surface area contributed by atoms with Gasteiger partial charge in [0.05, 0.1) is 7.11 Å². The van der Waals surface area contributed by atoms with Gasteiger partial charge in [0.2, 0.25) is 5.83 Å². The Hall–Kier alpha value is -1.32. The summed E-state index contributed by atoms with van der Waals surface area (Å²) in [7, 11) is 1.25. The number of methoxy groups -OCH3 is 1. The van der Waals surface area contributed by atoms with Crippen LogP contribution in [0.15, 0.2) is 24.9 Å². The highest BCUT2D eigenvalue weighted by Gasteiger charge is 2.08. The van der Waals surface area contributed by atoms with Crippen molar-refractivity contribution in [2.45, 2.75) is 0 Å². The number of rotatable bonds is 3. The van der Waals surface area contributed by atoms with Gasteiger partial charge in [-0.05, 0) is 6.58 Å². The maximum atomic E-state index is 11.8. The van der Waals surface area contributed by atoms with E-state index < -0.39 is 11.8 Å². The summed E-state index contributed by atoms with van der Waals surface area (Å²) in [6.45, 7) is 5.83. The van der Waals surface area contributed by atoms with E-state index >= 15 is 0 Å². The minimum absolute atomic E-state index is 0.260. The largest absolute Gasteiger partial charge is 0.469 e. The fourth-order valence-electron chi connectivity index (χ4n) is 0.200. The Morgan fingerprint density at radius 3 is 2.30 bits per heavy atom. The summed E-state index contributed by atoms with van der Waals surface area (Å²) >= 11 is 0. The van der Waals surface area contributed by atoms with Crippen molar-refractivity contribution in [1.29, 1.82) is 0 Å². The fraction of sp³-hybridized carbons (Fsp3) is 0.167. The molecule has 0 fully saturated rings. The van der Waals surface area contributed by atoms with Crippen LogP contribution in [0.3, 0.4) is 0 Å². The van der Waals surface area contributed by atoms with Gasteiger partial charge >= 0.3 is 5.97 Å². The van der Waals surface area contributed by atoms with Gasteiger partial charge in [0.15, 0.2) is 0 Å². The summed E-state index contributed by atoms with van der Waals surface area (Å²) in [6, 6.07) is 0. The van der Waals surface area contributed by atoms with E-state index in [9.17, 15) is 9.18 Å². The number of halogens is 1. The molecule has 0 rings (SSSR count). The number of carbonyl (C=O) groups excluding carboxylic acids is 1. The molecule has 0 spiro atoms. The average molecular weight is 146 g/mol. The quantitative estimate of drug-likeness (QED) is 0.340. The highest BCUT2D eigenvalue weighted by molar-refractivity contribution is 5.85. The minimum atomic E-state index is -1.19. The van der Waals surface area contributed by atoms with Gasteiger partial charge in [-0.2, -0.15) is 4.39 Å². The van der Waals surface area contributed by atoms with E-state index in [1.54, 1.807) is 0 Å². The van der Waals surface area contributed by atoms with Gasteiger partial charge in [0, 0.05) is 0 Å². The van der Waals surface area contributed by atoms with Gasteiger partial charge in [-0.1, -0.05) is 6.58 Å². The molecule has 0 bridgehead atoms. The maximum Gasteiger partial charge on any atom is 0.374 e. The first-order valence-electron chi connectivity index (χ1n) is 2.37. The third kappa shape index (κ3) is 2.86. The summed E-state index contributed by atoms with van der Waals surface area (Å²) < 4.78 is 20.3. The molecule has 0 atom stereocenters. The first-order valence-corrected chi connectivity index (χ1v) is 2.37. The molecule has 0 heterocycles. The zero-order valence-electron chi connectivity index (χ0n) is 5.52. The second-order valence-corrected chi connectivity index (χ2v) is 1.37. The van der Waals surface area contributed by atoms with Crippen LogP contribution in [0.25, 0.3) is 0 Å². The van der Waals surface area contributed by atoms with Crippen LogP contribution >= 0.6 is 0 Å². The molecule has 0 amide bonds. The SMILES string of the molecule is C=C(OC)OC(=O)C(=C)F. The molecule has 0 saturated carbocycles. The van der Waals surface area contributed by atoms with Gasteiger partial charge in [-0.25, -0.2) is 4.79 Å². The maximum absolute atomic E-state index is 11.8. The number of ether oxygens (including phenoxy) is 2. The Morgan fingerprint density at radius 1 is 1.50 bits per heavy atom. The smallest absolute Gasteiger partial charge is 0.374 e. The van der Waals surface area contributed by atoms with Crippen molar-refractivity contribution in [3.63, 3.8) is 0 Å². The molecular formula is C6H7FO3. The van der Waals surface area contributed by atoms with Crippen molar-refractivity contribution < 1.29 is 18.7 Å². The summed E-state index contributed by atoms with van der Waals surface area (Å²) in [5.41, 5.74) is 0. The molecule has 0 aliphatic rings. The van der Waals surface area contributed by atoms with Crippen LogP contribution in [-0.2, 0) is 14.3 Å². The summed E-state index contributed by atoms with van der Waals surface area (Å²) in [5, 5.41) is 0. The molecule has 0 unspecified atom stereocenters. The van der Waals surface area contributed by atoms with Crippen molar-refractivity contribution >= 4 is 5.97 Å². The van der Waals surface area contributed by atoms with E-state index in [0.29, 0.717) is 0 Å². The third-order valence-electron chi connectivity index (χ3n) is 0.656. The molecule has 0 saturated heterocycles. The zero-order valence-corrected chi connectivity index (χ0v) is 5.52. The molecular weight excluding hydrogens is 139 g/mol. The molecule has 0 aromatic carbocycles. The van der Waals surface area contributed by atoms with Crippen molar-refractivity contribution in [2.24, 2.45) is 0 Å². The van der Waals surface area contributed by atoms with Crippen LogP contribution in [0, 0.1) is 0 Å². The lowest BCUT2D eigenvalue weighted by molar-refractivity contribution is -0.141. The van der Waals surface area contributed by atoms with Crippen molar-refractivity contribution in [2.75, 3.05) is 7.11 Å². The topological polar surface area (TPSA) is 35.5 Å². The molecule has 0 aromatic heterocycles. The number of esters is 1. The van der Waals surface area contributed by atoms with E-state index in [1.165, 1.54) is 7.11 Å². The van der Waals surface area contributed by atoms with Crippen molar-refractivity contribution in [3.8, 4) is 0 Å². The lowest BCUT2D eigenvalue weighted by Crippen LogP contribution is -2.04. The van der Waals surface area contributed by atoms with E-state index in [1.807, 2.05) is 0 Å². The monoisotopic (exact) mass is 146 g/mol. The first kappa shape index (κ1) is 8.68. The van der Waals surface area contributed by atoms with Crippen LogP contribution in [0.1, 0.15) is 0 Å². The second kappa shape index (κ2) is 3.66. The molecule has 56 valence electrons. The van der Waals surface area contributed by atoms with Gasteiger partial charge in [0.25, 0.3) is 5.95 Å². The zero-order chi connectivity index (χ0) is 8.15. The average Bonchev–Trinajstić information content (AvgIpc) is 1.87. The Labute approximate surface area is 57.7 Å². The lowest BCUT2D eigenvalue weighted by Gasteiger charge is -2.01. The summed E-state index contributed by atoms with van der Waals surface area (Å²) in [4.78, 5) is 10.3. The molecule has 0 aliphatic carbocycles. The summed E-state index contributed by atoms with van der Waals surface area (Å²) in [5.74, 6) is -2.63. The first-order chi connectivity index (χ1) is 4.57. The highest BCUT2D eigenvalue weighted by atomic mass is 19.1. The predicted molar refractivity (Wildman–Crippen MR) is 32.5 cm³/mol. The molecule has 0 radical (unpaired) electrons. The van der Waals surface area contributed by atoms with Crippen LogP contribution in [0.2, 0.25) is 0 Å². The van der Waals surface area contributed by atoms with Gasteiger partial charge in [-0.15, -0.1) is 0 Å². The normalized spacial score (nSPS) is 8.20. The molecule has 0 aliphatic heterocycles. The molecule has 3 nitrogen and oxygen atoms in total. The number of carbonyl (C=O) groups is 1.